The standard InChI is InChI=1S/C23H21F2NO4/c24-23(25)10-9-17-19(23)11-26(20(17)21(27)28)22(29)30-12-18-15-7-3-1-5-13(15)14-6-2-4-8-16(14)18/h1-8,17-20H,9-12H2,(H,27,28)/t17?,19?,20-/m0/s1. The van der Waals surface area contributed by atoms with Crippen LogP contribution in [0.15, 0.2) is 48.5 Å². The number of hydrogen-bond acceptors (Lipinski definition) is 3. The lowest BCUT2D eigenvalue weighted by Gasteiger charge is -2.25. The molecule has 1 amide bonds. The molecule has 2 aromatic rings. The highest BCUT2D eigenvalue weighted by molar-refractivity contribution is 5.82. The maximum Gasteiger partial charge on any atom is 0.410 e. The summed E-state index contributed by atoms with van der Waals surface area (Å²) in [4.78, 5) is 25.5. The number of fused-ring (bicyclic) bond motifs is 4. The Labute approximate surface area is 172 Å². The monoisotopic (exact) mass is 413 g/mol. The zero-order valence-corrected chi connectivity index (χ0v) is 16.1. The first-order valence-corrected chi connectivity index (χ1v) is 10.1. The average Bonchev–Trinajstić information content (AvgIpc) is 3.36. The number of rotatable bonds is 3. The number of halogens is 2. The Hall–Kier alpha value is -2.96. The van der Waals surface area contributed by atoms with Crippen LogP contribution in [0, 0.1) is 11.8 Å². The fourth-order valence-electron chi connectivity index (χ4n) is 5.44. The zero-order valence-electron chi connectivity index (χ0n) is 16.1. The van der Waals surface area contributed by atoms with Crippen molar-refractivity contribution in [1.82, 2.24) is 4.90 Å². The van der Waals surface area contributed by atoms with E-state index in [1.807, 2.05) is 48.5 Å². The van der Waals surface area contributed by atoms with Crippen molar-refractivity contribution in [3.05, 3.63) is 59.7 Å². The van der Waals surface area contributed by atoms with Crippen molar-refractivity contribution in [2.45, 2.75) is 30.7 Å². The van der Waals surface area contributed by atoms with E-state index in [0.717, 1.165) is 27.2 Å². The molecule has 2 aromatic carbocycles. The van der Waals surface area contributed by atoms with Gasteiger partial charge in [0.15, 0.2) is 0 Å². The van der Waals surface area contributed by atoms with Gasteiger partial charge in [-0.1, -0.05) is 48.5 Å². The summed E-state index contributed by atoms with van der Waals surface area (Å²) in [5.41, 5.74) is 4.22. The number of carboxylic acid groups (broad SMARTS) is 1. The number of amides is 1. The molecular weight excluding hydrogens is 392 g/mol. The normalized spacial score (nSPS) is 26.2. The van der Waals surface area contributed by atoms with Crippen molar-refractivity contribution in [2.24, 2.45) is 11.8 Å². The third kappa shape index (κ3) is 2.79. The number of benzene rings is 2. The Balaban J connectivity index is 1.36. The number of nitrogens with zero attached hydrogens (tertiary/aromatic N) is 1. The van der Waals surface area contributed by atoms with E-state index in [1.165, 1.54) is 0 Å². The van der Waals surface area contributed by atoms with E-state index in [0.29, 0.717) is 0 Å². The van der Waals surface area contributed by atoms with E-state index in [2.05, 4.69) is 0 Å². The lowest BCUT2D eigenvalue weighted by atomic mass is 9.93. The lowest BCUT2D eigenvalue weighted by Crippen LogP contribution is -2.44. The molecule has 5 nitrogen and oxygen atoms in total. The van der Waals surface area contributed by atoms with Crippen LogP contribution in [0.25, 0.3) is 11.1 Å². The van der Waals surface area contributed by atoms with E-state index in [1.54, 1.807) is 0 Å². The van der Waals surface area contributed by atoms with Crippen LogP contribution in [-0.2, 0) is 9.53 Å². The van der Waals surface area contributed by atoms with Gasteiger partial charge in [-0.2, -0.15) is 0 Å². The molecule has 7 heteroatoms. The van der Waals surface area contributed by atoms with Gasteiger partial charge in [0, 0.05) is 30.7 Å². The molecule has 1 saturated carbocycles. The maximum absolute atomic E-state index is 14.2. The number of carboxylic acids is 1. The molecule has 3 atom stereocenters. The number of alkyl halides is 2. The van der Waals surface area contributed by atoms with Crippen LogP contribution in [0.1, 0.15) is 29.9 Å². The predicted molar refractivity (Wildman–Crippen MR) is 104 cm³/mol. The molecule has 1 aliphatic heterocycles. The molecule has 1 heterocycles. The second-order valence-corrected chi connectivity index (χ2v) is 8.31. The Morgan fingerprint density at radius 1 is 1.07 bits per heavy atom. The summed E-state index contributed by atoms with van der Waals surface area (Å²) in [6.07, 6.45) is -1.07. The number of aliphatic carboxylic acids is 1. The second kappa shape index (κ2) is 6.79. The van der Waals surface area contributed by atoms with Crippen LogP contribution in [0.5, 0.6) is 0 Å². The van der Waals surface area contributed by atoms with Crippen LogP contribution in [0.2, 0.25) is 0 Å². The quantitative estimate of drug-likeness (QED) is 0.812. The molecule has 2 aliphatic carbocycles. The van der Waals surface area contributed by atoms with Crippen molar-refractivity contribution in [3.8, 4) is 11.1 Å². The second-order valence-electron chi connectivity index (χ2n) is 8.31. The first kappa shape index (κ1) is 19.0. The molecule has 1 N–H and O–H groups in total. The van der Waals surface area contributed by atoms with Gasteiger partial charge in [-0.25, -0.2) is 18.4 Å². The molecule has 2 unspecified atom stereocenters. The SMILES string of the molecule is O=C(O)[C@@H]1C2CCC(F)(F)C2CN1C(=O)OCC1c2ccccc2-c2ccccc21. The van der Waals surface area contributed by atoms with Gasteiger partial charge in [0.2, 0.25) is 0 Å². The fourth-order valence-corrected chi connectivity index (χ4v) is 5.44. The summed E-state index contributed by atoms with van der Waals surface area (Å²) < 4.78 is 33.8. The molecule has 156 valence electrons. The number of carbonyl (C=O) groups excluding carboxylic acids is 1. The minimum atomic E-state index is -2.95. The minimum Gasteiger partial charge on any atom is -0.480 e. The van der Waals surface area contributed by atoms with Gasteiger partial charge < -0.3 is 9.84 Å². The van der Waals surface area contributed by atoms with Gasteiger partial charge in [-0.05, 0) is 28.7 Å². The van der Waals surface area contributed by atoms with Gasteiger partial charge >= 0.3 is 12.1 Å². The fraction of sp³-hybridized carbons (Fsp3) is 0.391. The number of carbonyl (C=O) groups is 2. The Kier molecular flexibility index (Phi) is 4.31. The van der Waals surface area contributed by atoms with Crippen molar-refractivity contribution in [2.75, 3.05) is 13.2 Å². The smallest absolute Gasteiger partial charge is 0.410 e. The topological polar surface area (TPSA) is 66.8 Å². The summed E-state index contributed by atoms with van der Waals surface area (Å²) in [6.45, 7) is -0.257. The maximum atomic E-state index is 14.2. The number of likely N-dealkylation sites (tertiary alicyclic amines) is 1. The van der Waals surface area contributed by atoms with Crippen molar-refractivity contribution < 1.29 is 28.2 Å². The zero-order chi connectivity index (χ0) is 21.0. The molecule has 2 fully saturated rings. The third-order valence-corrected chi connectivity index (χ3v) is 6.83. The van der Waals surface area contributed by atoms with E-state index in [-0.39, 0.29) is 31.9 Å². The molecule has 5 rings (SSSR count). The molecule has 0 bridgehead atoms. The van der Waals surface area contributed by atoms with Gasteiger partial charge in [0.25, 0.3) is 5.92 Å². The first-order valence-electron chi connectivity index (χ1n) is 10.1. The van der Waals surface area contributed by atoms with Crippen LogP contribution < -0.4 is 0 Å². The van der Waals surface area contributed by atoms with E-state index in [9.17, 15) is 23.5 Å². The molecule has 0 radical (unpaired) electrons. The molecule has 30 heavy (non-hydrogen) atoms. The largest absolute Gasteiger partial charge is 0.480 e. The highest BCUT2D eigenvalue weighted by atomic mass is 19.3. The number of ether oxygens (including phenoxy) is 1. The van der Waals surface area contributed by atoms with E-state index in [4.69, 9.17) is 4.74 Å². The predicted octanol–water partition coefficient (Wildman–Crippen LogP) is 4.37. The van der Waals surface area contributed by atoms with E-state index >= 15 is 0 Å². The van der Waals surface area contributed by atoms with Gasteiger partial charge in [-0.15, -0.1) is 0 Å². The Morgan fingerprint density at radius 3 is 2.27 bits per heavy atom. The molecule has 0 aromatic heterocycles. The third-order valence-electron chi connectivity index (χ3n) is 6.83. The number of hydrogen-bond donors (Lipinski definition) is 1. The van der Waals surface area contributed by atoms with Crippen molar-refractivity contribution in [3.63, 3.8) is 0 Å². The summed E-state index contributed by atoms with van der Waals surface area (Å²) in [5, 5.41) is 9.60. The highest BCUT2D eigenvalue weighted by Gasteiger charge is 2.61. The van der Waals surface area contributed by atoms with Crippen LogP contribution >= 0.6 is 0 Å². The lowest BCUT2D eigenvalue weighted by molar-refractivity contribution is -0.143. The van der Waals surface area contributed by atoms with Crippen molar-refractivity contribution >= 4 is 12.1 Å². The Bertz CT molecular complexity index is 978. The summed E-state index contributed by atoms with van der Waals surface area (Å²) in [7, 11) is 0. The summed E-state index contributed by atoms with van der Waals surface area (Å²) >= 11 is 0. The summed E-state index contributed by atoms with van der Waals surface area (Å²) in [6, 6.07) is 14.5. The molecule has 3 aliphatic rings. The molecule has 1 saturated heterocycles. The van der Waals surface area contributed by atoms with E-state index < -0.39 is 35.9 Å². The Morgan fingerprint density at radius 2 is 1.67 bits per heavy atom. The van der Waals surface area contributed by atoms with Crippen molar-refractivity contribution in [1.29, 1.82) is 0 Å². The van der Waals surface area contributed by atoms with Gasteiger partial charge in [-0.3, -0.25) is 4.90 Å². The van der Waals surface area contributed by atoms with Crippen LogP contribution in [0.3, 0.4) is 0 Å². The first-order chi connectivity index (χ1) is 14.4. The van der Waals surface area contributed by atoms with Crippen LogP contribution in [-0.4, -0.2) is 47.2 Å². The van der Waals surface area contributed by atoms with Crippen LogP contribution in [0.4, 0.5) is 13.6 Å². The summed E-state index contributed by atoms with van der Waals surface area (Å²) in [5.74, 6) is -6.24. The minimum absolute atomic E-state index is 0.0292. The molecule has 0 spiro atoms. The van der Waals surface area contributed by atoms with Gasteiger partial charge in [0.1, 0.15) is 12.6 Å². The highest BCUT2D eigenvalue weighted by Crippen LogP contribution is 2.51. The molecular formula is C23H21F2NO4. The van der Waals surface area contributed by atoms with Gasteiger partial charge in [0.05, 0.1) is 0 Å². The average molecular weight is 413 g/mol.